The summed E-state index contributed by atoms with van der Waals surface area (Å²) in [5.74, 6) is 0.948. The van der Waals surface area contributed by atoms with Gasteiger partial charge in [-0.2, -0.15) is 5.11 Å². The number of amides is 2. The maximum Gasteiger partial charge on any atom is 0.251 e. The molecule has 0 aromatic heterocycles. The van der Waals surface area contributed by atoms with E-state index >= 15 is 0 Å². The predicted octanol–water partition coefficient (Wildman–Crippen LogP) is 5.71. The van der Waals surface area contributed by atoms with Crippen molar-refractivity contribution < 1.29 is 24.2 Å². The summed E-state index contributed by atoms with van der Waals surface area (Å²) in [5, 5.41) is 24.2. The predicted molar refractivity (Wildman–Crippen MR) is 153 cm³/mol. The lowest BCUT2D eigenvalue weighted by Gasteiger charge is -2.09. The number of rotatable bonds is 18. The number of phenolic OH excluding ortho intramolecular Hbond substituents is 1. The summed E-state index contributed by atoms with van der Waals surface area (Å²) in [7, 11) is 0. The highest BCUT2D eigenvalue weighted by molar-refractivity contribution is 5.94. The van der Waals surface area contributed by atoms with Crippen molar-refractivity contribution in [2.45, 2.75) is 53.4 Å². The molecule has 3 N–H and O–H groups in total. The number of azo groups is 1. The molecule has 0 aliphatic heterocycles. The van der Waals surface area contributed by atoms with Gasteiger partial charge in [0.1, 0.15) is 11.4 Å². The molecule has 0 fully saturated rings. The lowest BCUT2D eigenvalue weighted by Crippen LogP contribution is -2.28. The fraction of sp³-hybridized carbons (Fsp3) is 0.533. The van der Waals surface area contributed by atoms with Gasteiger partial charge < -0.3 is 25.2 Å². The minimum Gasteiger partial charge on any atom is -0.506 e. The standard InChI is InChI=1S/C30H44N4O5/c1-22(2)6-5-7-24-8-13-28(35)27(20-24)34-33-26-11-9-25(10-12-26)30(37)31-15-17-39-19-18-38-16-14-29(36)32-21-23(3)4/h8-13,20,22-23,35H,5-7,14-19,21H2,1-4H3,(H,31,37)(H,32,36). The molecule has 0 aliphatic rings. The van der Waals surface area contributed by atoms with E-state index in [1.807, 2.05) is 26.0 Å². The van der Waals surface area contributed by atoms with E-state index in [2.05, 4.69) is 34.7 Å². The Morgan fingerprint density at radius 1 is 0.872 bits per heavy atom. The minimum absolute atomic E-state index is 0.0135. The number of aryl methyl sites for hydroxylation is 1. The summed E-state index contributed by atoms with van der Waals surface area (Å²) >= 11 is 0. The van der Waals surface area contributed by atoms with Crippen molar-refractivity contribution in [2.24, 2.45) is 22.1 Å². The number of hydrogen-bond donors (Lipinski definition) is 3. The number of aromatic hydroxyl groups is 1. The molecule has 0 unspecified atom stereocenters. The van der Waals surface area contributed by atoms with Crippen LogP contribution in [0.25, 0.3) is 0 Å². The first-order chi connectivity index (χ1) is 18.7. The number of nitrogens with one attached hydrogen (secondary N) is 2. The zero-order valence-electron chi connectivity index (χ0n) is 23.7. The number of ether oxygens (including phenoxy) is 2. The first-order valence-electron chi connectivity index (χ1n) is 13.8. The maximum absolute atomic E-state index is 12.4. The molecule has 9 nitrogen and oxygen atoms in total. The highest BCUT2D eigenvalue weighted by atomic mass is 16.5. The molecule has 9 heteroatoms. The lowest BCUT2D eigenvalue weighted by atomic mass is 10.0. The fourth-order valence-corrected chi connectivity index (χ4v) is 3.54. The summed E-state index contributed by atoms with van der Waals surface area (Å²) in [6, 6.07) is 12.2. The van der Waals surface area contributed by atoms with Crippen LogP contribution in [0.1, 0.15) is 62.9 Å². The highest BCUT2D eigenvalue weighted by Gasteiger charge is 2.06. The molecular formula is C30H44N4O5. The van der Waals surface area contributed by atoms with Gasteiger partial charge in [-0.3, -0.25) is 9.59 Å². The molecule has 2 amide bonds. The molecule has 0 radical (unpaired) electrons. The van der Waals surface area contributed by atoms with E-state index in [9.17, 15) is 14.7 Å². The third-order valence-corrected chi connectivity index (χ3v) is 5.77. The quantitative estimate of drug-likeness (QED) is 0.165. The minimum atomic E-state index is -0.211. The highest BCUT2D eigenvalue weighted by Crippen LogP contribution is 2.30. The van der Waals surface area contributed by atoms with Gasteiger partial charge in [0.05, 0.1) is 32.1 Å². The molecule has 214 valence electrons. The summed E-state index contributed by atoms with van der Waals surface area (Å²) < 4.78 is 10.9. The van der Waals surface area contributed by atoms with Crippen LogP contribution in [0.3, 0.4) is 0 Å². The Kier molecular flexibility index (Phi) is 14.8. The zero-order valence-corrected chi connectivity index (χ0v) is 23.7. The third kappa shape index (κ3) is 13.9. The molecule has 39 heavy (non-hydrogen) atoms. The molecule has 2 aromatic carbocycles. The number of hydrogen-bond acceptors (Lipinski definition) is 7. The van der Waals surface area contributed by atoms with Gasteiger partial charge in [0.2, 0.25) is 5.91 Å². The van der Waals surface area contributed by atoms with Crippen molar-refractivity contribution in [3.63, 3.8) is 0 Å². The van der Waals surface area contributed by atoms with Crippen molar-refractivity contribution in [3.05, 3.63) is 53.6 Å². The van der Waals surface area contributed by atoms with E-state index in [4.69, 9.17) is 9.47 Å². The van der Waals surface area contributed by atoms with Gasteiger partial charge in [0.15, 0.2) is 0 Å². The smallest absolute Gasteiger partial charge is 0.251 e. The van der Waals surface area contributed by atoms with E-state index in [0.717, 1.165) is 24.8 Å². The fourth-order valence-electron chi connectivity index (χ4n) is 3.54. The second-order valence-electron chi connectivity index (χ2n) is 10.3. The summed E-state index contributed by atoms with van der Waals surface area (Å²) in [5.41, 5.74) is 2.63. The van der Waals surface area contributed by atoms with E-state index in [1.54, 1.807) is 30.3 Å². The van der Waals surface area contributed by atoms with Gasteiger partial charge >= 0.3 is 0 Å². The molecule has 0 atom stereocenters. The van der Waals surface area contributed by atoms with Gasteiger partial charge in [-0.15, -0.1) is 5.11 Å². The van der Waals surface area contributed by atoms with E-state index in [0.29, 0.717) is 74.7 Å². The first-order valence-corrected chi connectivity index (χ1v) is 13.8. The zero-order chi connectivity index (χ0) is 28.5. The normalized spacial score (nSPS) is 11.4. The largest absolute Gasteiger partial charge is 0.506 e. The summed E-state index contributed by atoms with van der Waals surface area (Å²) in [6.07, 6.45) is 3.50. The van der Waals surface area contributed by atoms with Crippen LogP contribution in [0, 0.1) is 11.8 Å². The summed E-state index contributed by atoms with van der Waals surface area (Å²) in [6.45, 7) is 11.0. The van der Waals surface area contributed by atoms with Gasteiger partial charge in [0.25, 0.3) is 5.91 Å². The van der Waals surface area contributed by atoms with Crippen molar-refractivity contribution in [1.82, 2.24) is 10.6 Å². The monoisotopic (exact) mass is 540 g/mol. The van der Waals surface area contributed by atoms with Gasteiger partial charge in [-0.25, -0.2) is 0 Å². The maximum atomic E-state index is 12.4. The molecule has 0 bridgehead atoms. The molecule has 2 aromatic rings. The Bertz CT molecular complexity index is 1040. The molecule has 0 spiro atoms. The van der Waals surface area contributed by atoms with Crippen molar-refractivity contribution in [2.75, 3.05) is 39.5 Å². The third-order valence-electron chi connectivity index (χ3n) is 5.77. The number of nitrogens with zero attached hydrogens (tertiary/aromatic N) is 2. The van der Waals surface area contributed by atoms with E-state index < -0.39 is 0 Å². The number of carbonyl (C=O) groups is 2. The topological polar surface area (TPSA) is 122 Å². The second-order valence-corrected chi connectivity index (χ2v) is 10.3. The van der Waals surface area contributed by atoms with Crippen LogP contribution >= 0.6 is 0 Å². The Labute approximate surface area is 232 Å². The number of carbonyl (C=O) groups excluding carboxylic acids is 2. The van der Waals surface area contributed by atoms with Crippen LogP contribution in [-0.2, 0) is 20.7 Å². The van der Waals surface area contributed by atoms with Crippen LogP contribution < -0.4 is 10.6 Å². The van der Waals surface area contributed by atoms with Crippen molar-refractivity contribution in [3.8, 4) is 5.75 Å². The molecule has 0 saturated carbocycles. The Hall–Kier alpha value is -3.30. The van der Waals surface area contributed by atoms with Crippen LogP contribution in [0.15, 0.2) is 52.7 Å². The average molecular weight is 541 g/mol. The summed E-state index contributed by atoms with van der Waals surface area (Å²) in [4.78, 5) is 24.0. The Morgan fingerprint density at radius 2 is 1.59 bits per heavy atom. The number of phenols is 1. The van der Waals surface area contributed by atoms with Gasteiger partial charge in [-0.1, -0.05) is 40.2 Å². The van der Waals surface area contributed by atoms with E-state index in [-0.39, 0.29) is 17.6 Å². The van der Waals surface area contributed by atoms with E-state index in [1.165, 1.54) is 0 Å². The average Bonchev–Trinajstić information content (AvgIpc) is 2.91. The Balaban J connectivity index is 1.65. The van der Waals surface area contributed by atoms with Crippen LogP contribution in [0.4, 0.5) is 11.4 Å². The molecule has 0 saturated heterocycles. The second kappa shape index (κ2) is 18.1. The van der Waals surface area contributed by atoms with Crippen molar-refractivity contribution in [1.29, 1.82) is 0 Å². The lowest BCUT2D eigenvalue weighted by molar-refractivity contribution is -0.122. The SMILES string of the molecule is CC(C)CCCc1ccc(O)c(N=Nc2ccc(C(=O)NCCOCCOCCC(=O)NCC(C)C)cc2)c1. The molecule has 0 aliphatic carbocycles. The molecular weight excluding hydrogens is 496 g/mol. The molecule has 2 rings (SSSR count). The van der Waals surface area contributed by atoms with Crippen molar-refractivity contribution >= 4 is 23.2 Å². The van der Waals surface area contributed by atoms with Crippen LogP contribution in [0.2, 0.25) is 0 Å². The molecule has 0 heterocycles. The van der Waals surface area contributed by atoms with Gasteiger partial charge in [0, 0.05) is 25.1 Å². The first kappa shape index (κ1) is 31.9. The van der Waals surface area contributed by atoms with Crippen LogP contribution in [0.5, 0.6) is 5.75 Å². The van der Waals surface area contributed by atoms with Crippen LogP contribution in [-0.4, -0.2) is 56.4 Å². The number of benzene rings is 2. The Morgan fingerprint density at radius 3 is 2.28 bits per heavy atom. The van der Waals surface area contributed by atoms with Gasteiger partial charge in [-0.05, 0) is 66.6 Å².